The summed E-state index contributed by atoms with van der Waals surface area (Å²) in [5.74, 6) is -0.371. The van der Waals surface area contributed by atoms with E-state index in [9.17, 15) is 4.79 Å². The average Bonchev–Trinajstić information content (AvgIpc) is 2.28. The minimum atomic E-state index is -0.931. The lowest BCUT2D eigenvalue weighted by Crippen LogP contribution is -2.26. The van der Waals surface area contributed by atoms with Gasteiger partial charge in [0, 0.05) is 6.54 Å². The SMILES string of the molecule is CCCC(Oc1cccc(CN)c1)C(=O)O. The molecule has 0 amide bonds. The zero-order valence-corrected chi connectivity index (χ0v) is 9.35. The molecule has 0 aromatic heterocycles. The largest absolute Gasteiger partial charge is 0.479 e. The lowest BCUT2D eigenvalue weighted by atomic mass is 10.2. The lowest BCUT2D eigenvalue weighted by Gasteiger charge is -2.14. The Labute approximate surface area is 95.0 Å². The van der Waals surface area contributed by atoms with Crippen molar-refractivity contribution in [2.75, 3.05) is 0 Å². The Balaban J connectivity index is 2.72. The first-order chi connectivity index (χ1) is 7.67. The summed E-state index contributed by atoms with van der Waals surface area (Å²) in [4.78, 5) is 10.9. The number of nitrogens with two attached hydrogens (primary N) is 1. The van der Waals surface area contributed by atoms with Gasteiger partial charge < -0.3 is 15.6 Å². The van der Waals surface area contributed by atoms with Gasteiger partial charge in [0.25, 0.3) is 0 Å². The molecule has 4 heteroatoms. The van der Waals surface area contributed by atoms with E-state index in [0.29, 0.717) is 18.7 Å². The summed E-state index contributed by atoms with van der Waals surface area (Å²) in [6, 6.07) is 7.20. The minimum absolute atomic E-state index is 0.419. The van der Waals surface area contributed by atoms with Crippen LogP contribution in [0.3, 0.4) is 0 Å². The van der Waals surface area contributed by atoms with E-state index >= 15 is 0 Å². The Morgan fingerprint density at radius 2 is 2.31 bits per heavy atom. The first-order valence-corrected chi connectivity index (χ1v) is 5.35. The fourth-order valence-corrected chi connectivity index (χ4v) is 1.41. The molecule has 1 aromatic rings. The molecule has 0 aliphatic carbocycles. The van der Waals surface area contributed by atoms with Crippen LogP contribution in [0, 0.1) is 0 Å². The first kappa shape index (κ1) is 12.5. The Kier molecular flexibility index (Phi) is 4.79. The fraction of sp³-hybridized carbons (Fsp3) is 0.417. The standard InChI is InChI=1S/C12H17NO3/c1-2-4-11(12(14)15)16-10-6-3-5-9(7-10)8-13/h3,5-7,11H,2,4,8,13H2,1H3,(H,14,15). The zero-order valence-electron chi connectivity index (χ0n) is 9.35. The van der Waals surface area contributed by atoms with Crippen LogP contribution in [0.5, 0.6) is 5.75 Å². The number of rotatable bonds is 6. The summed E-state index contributed by atoms with van der Waals surface area (Å²) >= 11 is 0. The molecule has 0 heterocycles. The maximum Gasteiger partial charge on any atom is 0.344 e. The molecule has 0 saturated carbocycles. The van der Waals surface area contributed by atoms with Gasteiger partial charge in [0.05, 0.1) is 0 Å². The van der Waals surface area contributed by atoms with Gasteiger partial charge in [-0.1, -0.05) is 25.5 Å². The number of ether oxygens (including phenoxy) is 1. The molecule has 1 atom stereocenters. The molecule has 0 radical (unpaired) electrons. The van der Waals surface area contributed by atoms with Crippen LogP contribution in [0.1, 0.15) is 25.3 Å². The third kappa shape index (κ3) is 3.55. The van der Waals surface area contributed by atoms with E-state index < -0.39 is 12.1 Å². The van der Waals surface area contributed by atoms with Gasteiger partial charge in [0.2, 0.25) is 0 Å². The van der Waals surface area contributed by atoms with Crippen LogP contribution in [0.2, 0.25) is 0 Å². The van der Waals surface area contributed by atoms with Crippen LogP contribution in [0.25, 0.3) is 0 Å². The molecule has 3 N–H and O–H groups in total. The molecule has 1 unspecified atom stereocenters. The van der Waals surface area contributed by atoms with Crippen molar-refractivity contribution >= 4 is 5.97 Å². The van der Waals surface area contributed by atoms with Crippen molar-refractivity contribution in [1.82, 2.24) is 0 Å². The van der Waals surface area contributed by atoms with Gasteiger partial charge in [0.1, 0.15) is 5.75 Å². The number of carboxylic acid groups (broad SMARTS) is 1. The maximum absolute atomic E-state index is 10.9. The quantitative estimate of drug-likeness (QED) is 0.771. The molecule has 16 heavy (non-hydrogen) atoms. The van der Waals surface area contributed by atoms with Crippen LogP contribution >= 0.6 is 0 Å². The smallest absolute Gasteiger partial charge is 0.344 e. The molecule has 0 fully saturated rings. The van der Waals surface area contributed by atoms with E-state index in [1.165, 1.54) is 0 Å². The summed E-state index contributed by atoms with van der Waals surface area (Å²) in [5, 5.41) is 8.94. The molecular formula is C12H17NO3. The summed E-state index contributed by atoms with van der Waals surface area (Å²) < 4.78 is 5.40. The number of hydrogen-bond donors (Lipinski definition) is 2. The molecule has 1 aromatic carbocycles. The Hall–Kier alpha value is -1.55. The molecule has 1 rings (SSSR count). The highest BCUT2D eigenvalue weighted by Gasteiger charge is 2.17. The third-order valence-electron chi connectivity index (χ3n) is 2.24. The maximum atomic E-state index is 10.9. The second kappa shape index (κ2) is 6.12. The first-order valence-electron chi connectivity index (χ1n) is 5.35. The monoisotopic (exact) mass is 223 g/mol. The van der Waals surface area contributed by atoms with Crippen molar-refractivity contribution in [3.63, 3.8) is 0 Å². The number of carboxylic acids is 1. The van der Waals surface area contributed by atoms with Crippen molar-refractivity contribution in [3.05, 3.63) is 29.8 Å². The molecule has 0 saturated heterocycles. The topological polar surface area (TPSA) is 72.5 Å². The molecule has 0 spiro atoms. The summed E-state index contributed by atoms with van der Waals surface area (Å²) in [5.41, 5.74) is 6.42. The van der Waals surface area contributed by atoms with Gasteiger partial charge >= 0.3 is 5.97 Å². The van der Waals surface area contributed by atoms with Crippen molar-refractivity contribution < 1.29 is 14.6 Å². The molecular weight excluding hydrogens is 206 g/mol. The van der Waals surface area contributed by atoms with Crippen LogP contribution < -0.4 is 10.5 Å². The van der Waals surface area contributed by atoms with Crippen molar-refractivity contribution in [1.29, 1.82) is 0 Å². The summed E-state index contributed by atoms with van der Waals surface area (Å²) in [6.07, 6.45) is 0.494. The molecule has 0 aliphatic heterocycles. The number of hydrogen-bond acceptors (Lipinski definition) is 3. The van der Waals surface area contributed by atoms with Crippen LogP contribution in [0.15, 0.2) is 24.3 Å². The Bertz CT molecular complexity index is 352. The summed E-state index contributed by atoms with van der Waals surface area (Å²) in [7, 11) is 0. The Morgan fingerprint density at radius 1 is 1.56 bits per heavy atom. The molecule has 4 nitrogen and oxygen atoms in total. The highest BCUT2D eigenvalue weighted by Crippen LogP contribution is 2.16. The van der Waals surface area contributed by atoms with E-state index in [-0.39, 0.29) is 0 Å². The van der Waals surface area contributed by atoms with Gasteiger partial charge in [-0.25, -0.2) is 4.79 Å². The molecule has 88 valence electrons. The number of carbonyl (C=O) groups is 1. The van der Waals surface area contributed by atoms with Crippen molar-refractivity contribution in [2.45, 2.75) is 32.4 Å². The Morgan fingerprint density at radius 3 is 2.88 bits per heavy atom. The lowest BCUT2D eigenvalue weighted by molar-refractivity contribution is -0.145. The number of benzene rings is 1. The summed E-state index contributed by atoms with van der Waals surface area (Å²) in [6.45, 7) is 2.35. The van der Waals surface area contributed by atoms with Gasteiger partial charge in [-0.3, -0.25) is 0 Å². The fourth-order valence-electron chi connectivity index (χ4n) is 1.41. The second-order valence-corrected chi connectivity index (χ2v) is 3.58. The van der Waals surface area contributed by atoms with Crippen molar-refractivity contribution in [2.24, 2.45) is 5.73 Å². The average molecular weight is 223 g/mol. The van der Waals surface area contributed by atoms with E-state index in [1.54, 1.807) is 12.1 Å². The predicted octanol–water partition coefficient (Wildman–Crippen LogP) is 1.78. The third-order valence-corrected chi connectivity index (χ3v) is 2.24. The van der Waals surface area contributed by atoms with Gasteiger partial charge in [-0.05, 0) is 24.1 Å². The normalized spacial score (nSPS) is 12.1. The molecule has 0 aliphatic rings. The van der Waals surface area contributed by atoms with Gasteiger partial charge in [-0.15, -0.1) is 0 Å². The highest BCUT2D eigenvalue weighted by molar-refractivity contribution is 5.72. The van der Waals surface area contributed by atoms with Gasteiger partial charge in [-0.2, -0.15) is 0 Å². The number of aliphatic carboxylic acids is 1. The van der Waals surface area contributed by atoms with Crippen LogP contribution in [-0.2, 0) is 11.3 Å². The van der Waals surface area contributed by atoms with E-state index in [0.717, 1.165) is 12.0 Å². The predicted molar refractivity (Wildman–Crippen MR) is 61.3 cm³/mol. The highest BCUT2D eigenvalue weighted by atomic mass is 16.5. The van der Waals surface area contributed by atoms with E-state index in [1.807, 2.05) is 19.1 Å². The van der Waals surface area contributed by atoms with Crippen molar-refractivity contribution in [3.8, 4) is 5.75 Å². The van der Waals surface area contributed by atoms with E-state index in [4.69, 9.17) is 15.6 Å². The van der Waals surface area contributed by atoms with Crippen LogP contribution in [0.4, 0.5) is 0 Å². The van der Waals surface area contributed by atoms with Gasteiger partial charge in [0.15, 0.2) is 6.10 Å². The molecule has 0 bridgehead atoms. The second-order valence-electron chi connectivity index (χ2n) is 3.58. The van der Waals surface area contributed by atoms with Crippen LogP contribution in [-0.4, -0.2) is 17.2 Å². The zero-order chi connectivity index (χ0) is 12.0. The van der Waals surface area contributed by atoms with E-state index in [2.05, 4.69) is 0 Å². The minimum Gasteiger partial charge on any atom is -0.479 e.